The Morgan fingerprint density at radius 3 is 2.86 bits per heavy atom. The number of aromatic amines is 1. The predicted octanol–water partition coefficient (Wildman–Crippen LogP) is 1.35. The molecule has 0 aliphatic heterocycles. The first-order chi connectivity index (χ1) is 10.3. The van der Waals surface area contributed by atoms with E-state index in [2.05, 4.69) is 20.5 Å². The molecule has 0 aliphatic rings. The molecule has 2 aromatic heterocycles. The molecule has 106 valence electrons. The van der Waals surface area contributed by atoms with Crippen LogP contribution in [0.4, 0.5) is 0 Å². The van der Waals surface area contributed by atoms with Crippen LogP contribution in [0.25, 0.3) is 10.8 Å². The monoisotopic (exact) mass is 300 g/mol. The normalized spacial score (nSPS) is 10.7. The van der Waals surface area contributed by atoms with Gasteiger partial charge in [-0.3, -0.25) is 9.59 Å². The van der Waals surface area contributed by atoms with E-state index < -0.39 is 0 Å². The van der Waals surface area contributed by atoms with Gasteiger partial charge in [-0.2, -0.15) is 5.10 Å². The summed E-state index contributed by atoms with van der Waals surface area (Å²) in [6, 6.07) is 6.91. The van der Waals surface area contributed by atoms with Crippen molar-refractivity contribution in [1.29, 1.82) is 0 Å². The third kappa shape index (κ3) is 2.82. The highest BCUT2D eigenvalue weighted by Crippen LogP contribution is 2.12. The van der Waals surface area contributed by atoms with Crippen molar-refractivity contribution in [1.82, 2.24) is 20.5 Å². The van der Waals surface area contributed by atoms with Crippen LogP contribution in [0.1, 0.15) is 15.5 Å². The molecular formula is C14H12N4O2S. The maximum atomic E-state index is 12.2. The third-order valence-corrected chi connectivity index (χ3v) is 3.86. The van der Waals surface area contributed by atoms with Crippen molar-refractivity contribution in [2.24, 2.45) is 0 Å². The molecule has 21 heavy (non-hydrogen) atoms. The summed E-state index contributed by atoms with van der Waals surface area (Å²) >= 11 is 1.55. The average molecular weight is 300 g/mol. The summed E-state index contributed by atoms with van der Waals surface area (Å²) in [5.41, 5.74) is -0.0747. The SMILES string of the molecule is O=C(NCCc1nccs1)c1n[nH]c(=O)c2ccccc12. The van der Waals surface area contributed by atoms with Crippen molar-refractivity contribution in [3.05, 3.63) is 56.9 Å². The smallest absolute Gasteiger partial charge is 0.272 e. The second-order valence-electron chi connectivity index (χ2n) is 4.38. The summed E-state index contributed by atoms with van der Waals surface area (Å²) in [7, 11) is 0. The number of benzene rings is 1. The van der Waals surface area contributed by atoms with Crippen LogP contribution in [-0.4, -0.2) is 27.6 Å². The highest BCUT2D eigenvalue weighted by atomic mass is 32.1. The molecule has 2 N–H and O–H groups in total. The molecule has 2 heterocycles. The van der Waals surface area contributed by atoms with Gasteiger partial charge in [0.2, 0.25) is 0 Å². The Balaban J connectivity index is 1.78. The minimum atomic E-state index is -0.306. The second-order valence-corrected chi connectivity index (χ2v) is 5.36. The van der Waals surface area contributed by atoms with Crippen molar-refractivity contribution < 1.29 is 4.79 Å². The lowest BCUT2D eigenvalue weighted by Crippen LogP contribution is -2.28. The zero-order chi connectivity index (χ0) is 14.7. The van der Waals surface area contributed by atoms with Gasteiger partial charge in [0.05, 0.1) is 10.4 Å². The number of rotatable bonds is 4. The topological polar surface area (TPSA) is 87.7 Å². The fourth-order valence-corrected chi connectivity index (χ4v) is 2.65. The van der Waals surface area contributed by atoms with Crippen LogP contribution in [0.3, 0.4) is 0 Å². The van der Waals surface area contributed by atoms with Gasteiger partial charge in [0, 0.05) is 29.9 Å². The zero-order valence-corrected chi connectivity index (χ0v) is 11.8. The first-order valence-corrected chi connectivity index (χ1v) is 7.27. The van der Waals surface area contributed by atoms with Gasteiger partial charge in [0.25, 0.3) is 11.5 Å². The molecule has 0 saturated heterocycles. The molecule has 0 saturated carbocycles. The summed E-state index contributed by atoms with van der Waals surface area (Å²) in [5.74, 6) is -0.306. The molecule has 0 bridgehead atoms. The highest BCUT2D eigenvalue weighted by molar-refractivity contribution is 7.09. The number of H-pyrrole nitrogens is 1. The summed E-state index contributed by atoms with van der Waals surface area (Å²) in [5, 5.41) is 12.9. The molecule has 1 amide bonds. The number of amides is 1. The molecule has 3 aromatic rings. The highest BCUT2D eigenvalue weighted by Gasteiger charge is 2.13. The van der Waals surface area contributed by atoms with Crippen molar-refractivity contribution in [2.45, 2.75) is 6.42 Å². The first kappa shape index (κ1) is 13.4. The van der Waals surface area contributed by atoms with Gasteiger partial charge in [0.1, 0.15) is 0 Å². The molecule has 0 radical (unpaired) electrons. The fourth-order valence-electron chi connectivity index (χ4n) is 2.03. The molecule has 0 atom stereocenters. The number of carbonyl (C=O) groups excluding carboxylic acids is 1. The Hall–Kier alpha value is -2.54. The number of hydrogen-bond donors (Lipinski definition) is 2. The Kier molecular flexibility index (Phi) is 3.74. The standard InChI is InChI=1S/C14H12N4O2S/c19-13-10-4-2-1-3-9(10)12(17-18-13)14(20)16-6-5-11-15-7-8-21-11/h1-4,7-8H,5-6H2,(H,16,20)(H,18,19). The molecular weight excluding hydrogens is 288 g/mol. The van der Waals surface area contributed by atoms with Crippen molar-refractivity contribution in [3.8, 4) is 0 Å². The van der Waals surface area contributed by atoms with Crippen LogP contribution in [-0.2, 0) is 6.42 Å². The number of nitrogens with one attached hydrogen (secondary N) is 2. The number of nitrogens with zero attached hydrogens (tertiary/aromatic N) is 2. The van der Waals surface area contributed by atoms with E-state index in [1.807, 2.05) is 5.38 Å². The van der Waals surface area contributed by atoms with Crippen molar-refractivity contribution >= 4 is 28.0 Å². The lowest BCUT2D eigenvalue weighted by molar-refractivity contribution is 0.0950. The molecule has 0 fully saturated rings. The van der Waals surface area contributed by atoms with Crippen LogP contribution in [0.2, 0.25) is 0 Å². The van der Waals surface area contributed by atoms with Gasteiger partial charge < -0.3 is 5.32 Å². The van der Waals surface area contributed by atoms with E-state index in [0.29, 0.717) is 23.7 Å². The minimum absolute atomic E-state index is 0.226. The van der Waals surface area contributed by atoms with Crippen LogP contribution >= 0.6 is 11.3 Å². The van der Waals surface area contributed by atoms with Gasteiger partial charge in [0.15, 0.2) is 5.69 Å². The molecule has 1 aromatic carbocycles. The Bertz CT molecular complexity index is 826. The number of thiazole rings is 1. The van der Waals surface area contributed by atoms with Crippen LogP contribution in [0, 0.1) is 0 Å². The fraction of sp³-hybridized carbons (Fsp3) is 0.143. The molecule has 6 nitrogen and oxygen atoms in total. The van der Waals surface area contributed by atoms with Crippen molar-refractivity contribution in [3.63, 3.8) is 0 Å². The van der Waals surface area contributed by atoms with Gasteiger partial charge in [-0.25, -0.2) is 10.1 Å². The molecule has 0 spiro atoms. The lowest BCUT2D eigenvalue weighted by atomic mass is 10.1. The molecule has 7 heteroatoms. The summed E-state index contributed by atoms with van der Waals surface area (Å²) < 4.78 is 0. The van der Waals surface area contributed by atoms with E-state index in [4.69, 9.17) is 0 Å². The molecule has 3 rings (SSSR count). The third-order valence-electron chi connectivity index (χ3n) is 3.02. The Morgan fingerprint density at radius 2 is 2.10 bits per heavy atom. The van der Waals surface area contributed by atoms with Gasteiger partial charge in [-0.1, -0.05) is 18.2 Å². The number of fused-ring (bicyclic) bond motifs is 1. The minimum Gasteiger partial charge on any atom is -0.350 e. The molecule has 0 unspecified atom stereocenters. The van der Waals surface area contributed by atoms with Crippen LogP contribution in [0.5, 0.6) is 0 Å². The Morgan fingerprint density at radius 1 is 1.29 bits per heavy atom. The quantitative estimate of drug-likeness (QED) is 0.761. The predicted molar refractivity (Wildman–Crippen MR) is 80.5 cm³/mol. The maximum absolute atomic E-state index is 12.2. The van der Waals surface area contributed by atoms with E-state index in [9.17, 15) is 9.59 Å². The maximum Gasteiger partial charge on any atom is 0.272 e. The van der Waals surface area contributed by atoms with E-state index in [1.165, 1.54) is 0 Å². The lowest BCUT2D eigenvalue weighted by Gasteiger charge is -2.05. The largest absolute Gasteiger partial charge is 0.350 e. The van der Waals surface area contributed by atoms with Gasteiger partial charge in [-0.05, 0) is 6.07 Å². The van der Waals surface area contributed by atoms with Crippen LogP contribution in [0.15, 0.2) is 40.6 Å². The van der Waals surface area contributed by atoms with Crippen LogP contribution < -0.4 is 10.9 Å². The van der Waals surface area contributed by atoms with Gasteiger partial charge >= 0.3 is 0 Å². The molecule has 0 aliphatic carbocycles. The number of hydrogen-bond acceptors (Lipinski definition) is 5. The number of aromatic nitrogens is 3. The van der Waals surface area contributed by atoms with E-state index >= 15 is 0 Å². The van der Waals surface area contributed by atoms with E-state index in [-0.39, 0.29) is 17.2 Å². The zero-order valence-electron chi connectivity index (χ0n) is 11.0. The summed E-state index contributed by atoms with van der Waals surface area (Å²) in [4.78, 5) is 28.0. The van der Waals surface area contributed by atoms with Gasteiger partial charge in [-0.15, -0.1) is 11.3 Å². The first-order valence-electron chi connectivity index (χ1n) is 6.39. The summed E-state index contributed by atoms with van der Waals surface area (Å²) in [6.45, 7) is 0.474. The second kappa shape index (κ2) is 5.84. The van der Waals surface area contributed by atoms with E-state index in [0.717, 1.165) is 5.01 Å². The number of carbonyl (C=O) groups is 1. The van der Waals surface area contributed by atoms with Crippen molar-refractivity contribution in [2.75, 3.05) is 6.54 Å². The average Bonchev–Trinajstić information content (AvgIpc) is 3.01. The van der Waals surface area contributed by atoms with E-state index in [1.54, 1.807) is 41.8 Å². The summed E-state index contributed by atoms with van der Waals surface area (Å²) in [6.07, 6.45) is 2.41. The Labute approximate surface area is 123 Å².